The normalized spacial score (nSPS) is 11.3. The van der Waals surface area contributed by atoms with Gasteiger partial charge in [-0.3, -0.25) is 4.79 Å². The minimum Gasteiger partial charge on any atom is -0.507 e. The topological polar surface area (TPSA) is 67.8 Å². The zero-order chi connectivity index (χ0) is 21.0. The molecule has 0 saturated carbocycles. The molecule has 3 aromatic rings. The average Bonchev–Trinajstić information content (AvgIpc) is 2.73. The number of hydrogen-bond acceptors (Lipinski definition) is 4. The number of carbonyl (C=O) groups excluding carboxylic acids is 1. The van der Waals surface area contributed by atoms with Gasteiger partial charge >= 0.3 is 0 Å². The Labute approximate surface area is 171 Å². The van der Waals surface area contributed by atoms with Crippen LogP contribution >= 0.6 is 0 Å². The van der Waals surface area contributed by atoms with Crippen molar-refractivity contribution >= 4 is 16.7 Å². The summed E-state index contributed by atoms with van der Waals surface area (Å²) in [5.41, 5.74) is 1.03. The molecular weight excluding hydrogens is 366 g/mol. The van der Waals surface area contributed by atoms with E-state index in [0.717, 1.165) is 16.3 Å². The second-order valence-electron chi connectivity index (χ2n) is 7.88. The molecule has 2 N–H and O–H groups in total. The summed E-state index contributed by atoms with van der Waals surface area (Å²) in [5.74, 6) is 1.16. The number of ether oxygens (including phenoxy) is 2. The van der Waals surface area contributed by atoms with Gasteiger partial charge in [0.25, 0.3) is 5.91 Å². The average molecular weight is 393 g/mol. The summed E-state index contributed by atoms with van der Waals surface area (Å²) < 4.78 is 10.5. The van der Waals surface area contributed by atoms with Crippen molar-refractivity contribution < 1.29 is 19.4 Å². The maximum Gasteiger partial charge on any atom is 0.255 e. The van der Waals surface area contributed by atoms with Crippen molar-refractivity contribution in [3.05, 3.63) is 65.7 Å². The molecule has 0 aromatic heterocycles. The third kappa shape index (κ3) is 4.62. The molecule has 29 heavy (non-hydrogen) atoms. The fourth-order valence-corrected chi connectivity index (χ4v) is 3.43. The van der Waals surface area contributed by atoms with Gasteiger partial charge in [0.2, 0.25) is 0 Å². The lowest BCUT2D eigenvalue weighted by atomic mass is 9.84. The molecule has 0 aliphatic rings. The first-order chi connectivity index (χ1) is 13.8. The summed E-state index contributed by atoms with van der Waals surface area (Å²) >= 11 is 0. The Hall–Kier alpha value is -3.21. The number of benzene rings is 3. The van der Waals surface area contributed by atoms with E-state index < -0.39 is 0 Å². The van der Waals surface area contributed by atoms with Gasteiger partial charge in [-0.25, -0.2) is 0 Å². The molecule has 0 saturated heterocycles. The van der Waals surface area contributed by atoms with Crippen LogP contribution in [0.15, 0.2) is 54.6 Å². The lowest BCUT2D eigenvalue weighted by molar-refractivity contribution is 0.0933. The summed E-state index contributed by atoms with van der Waals surface area (Å²) in [6, 6.07) is 16.9. The van der Waals surface area contributed by atoms with Crippen molar-refractivity contribution in [2.75, 3.05) is 20.8 Å². The van der Waals surface area contributed by atoms with Crippen molar-refractivity contribution in [1.29, 1.82) is 0 Å². The predicted molar refractivity (Wildman–Crippen MR) is 115 cm³/mol. The van der Waals surface area contributed by atoms with Crippen LogP contribution in [-0.4, -0.2) is 31.8 Å². The largest absolute Gasteiger partial charge is 0.507 e. The fraction of sp³-hybridized carbons (Fsp3) is 0.292. The molecule has 0 fully saturated rings. The standard InChI is InChI=1S/C24H27NO4/c1-24(2,14-17-10-9-16-7-5-6-8-19(16)22(17)26)15-25-23(27)20-13-18(28-3)11-12-21(20)29-4/h5-13,26H,14-15H2,1-4H3,(H,25,27). The van der Waals surface area contributed by atoms with Gasteiger partial charge in [-0.2, -0.15) is 0 Å². The van der Waals surface area contributed by atoms with E-state index in [2.05, 4.69) is 19.2 Å². The van der Waals surface area contributed by atoms with E-state index in [1.807, 2.05) is 36.4 Å². The van der Waals surface area contributed by atoms with Crippen LogP contribution in [-0.2, 0) is 6.42 Å². The highest BCUT2D eigenvalue weighted by molar-refractivity contribution is 5.97. The van der Waals surface area contributed by atoms with Gasteiger partial charge in [0, 0.05) is 11.9 Å². The van der Waals surface area contributed by atoms with Gasteiger partial charge in [-0.05, 0) is 41.0 Å². The maximum atomic E-state index is 12.7. The Balaban J connectivity index is 1.73. The van der Waals surface area contributed by atoms with E-state index in [1.165, 1.54) is 7.11 Å². The minimum absolute atomic E-state index is 0.225. The van der Waals surface area contributed by atoms with E-state index in [9.17, 15) is 9.90 Å². The lowest BCUT2D eigenvalue weighted by Gasteiger charge is -2.26. The van der Waals surface area contributed by atoms with Crippen molar-refractivity contribution in [2.45, 2.75) is 20.3 Å². The lowest BCUT2D eigenvalue weighted by Crippen LogP contribution is -2.35. The highest BCUT2D eigenvalue weighted by Crippen LogP contribution is 2.33. The highest BCUT2D eigenvalue weighted by Gasteiger charge is 2.23. The Morgan fingerprint density at radius 3 is 2.52 bits per heavy atom. The van der Waals surface area contributed by atoms with Gasteiger partial charge in [0.05, 0.1) is 19.8 Å². The molecule has 3 rings (SSSR count). The van der Waals surface area contributed by atoms with E-state index >= 15 is 0 Å². The summed E-state index contributed by atoms with van der Waals surface area (Å²) in [4.78, 5) is 12.7. The number of phenols is 1. The predicted octanol–water partition coefficient (Wildman–Crippen LogP) is 4.56. The van der Waals surface area contributed by atoms with E-state index in [-0.39, 0.29) is 11.3 Å². The Bertz CT molecular complexity index is 1030. The summed E-state index contributed by atoms with van der Waals surface area (Å²) in [7, 11) is 3.09. The van der Waals surface area contributed by atoms with Crippen molar-refractivity contribution in [2.24, 2.45) is 5.41 Å². The van der Waals surface area contributed by atoms with Crippen LogP contribution in [0.5, 0.6) is 17.2 Å². The Kier molecular flexibility index (Phi) is 5.97. The number of amides is 1. The summed E-state index contributed by atoms with van der Waals surface area (Å²) in [5, 5.41) is 15.5. The van der Waals surface area contributed by atoms with E-state index in [0.29, 0.717) is 35.8 Å². The molecule has 0 aliphatic carbocycles. The fourth-order valence-electron chi connectivity index (χ4n) is 3.43. The summed E-state index contributed by atoms with van der Waals surface area (Å²) in [6.45, 7) is 4.56. The second-order valence-corrected chi connectivity index (χ2v) is 7.88. The zero-order valence-corrected chi connectivity index (χ0v) is 17.3. The Morgan fingerprint density at radius 2 is 1.79 bits per heavy atom. The summed E-state index contributed by atoms with van der Waals surface area (Å²) in [6.07, 6.45) is 0.624. The first kappa shape index (κ1) is 20.5. The van der Waals surface area contributed by atoms with E-state index in [4.69, 9.17) is 9.47 Å². The SMILES string of the molecule is COc1ccc(OC)c(C(=O)NCC(C)(C)Cc2ccc3ccccc3c2O)c1. The molecule has 1 amide bonds. The van der Waals surface area contributed by atoms with Crippen LogP contribution in [0.25, 0.3) is 10.8 Å². The van der Waals surface area contributed by atoms with Crippen LogP contribution in [0.3, 0.4) is 0 Å². The third-order valence-corrected chi connectivity index (χ3v) is 5.03. The second kappa shape index (κ2) is 8.43. The molecule has 5 nitrogen and oxygen atoms in total. The van der Waals surface area contributed by atoms with Crippen LogP contribution < -0.4 is 14.8 Å². The molecule has 0 unspecified atom stereocenters. The first-order valence-corrected chi connectivity index (χ1v) is 9.54. The molecule has 0 bridgehead atoms. The minimum atomic E-state index is -0.262. The smallest absolute Gasteiger partial charge is 0.255 e. The van der Waals surface area contributed by atoms with Gasteiger partial charge in [0.15, 0.2) is 0 Å². The van der Waals surface area contributed by atoms with Crippen molar-refractivity contribution in [1.82, 2.24) is 5.32 Å². The highest BCUT2D eigenvalue weighted by atomic mass is 16.5. The van der Waals surface area contributed by atoms with Crippen LogP contribution in [0.2, 0.25) is 0 Å². The zero-order valence-electron chi connectivity index (χ0n) is 17.3. The quantitative estimate of drug-likeness (QED) is 0.617. The molecule has 0 radical (unpaired) electrons. The number of hydrogen-bond donors (Lipinski definition) is 2. The number of phenolic OH excluding ortho intramolecular Hbond substituents is 1. The van der Waals surface area contributed by atoms with Crippen LogP contribution in [0.4, 0.5) is 0 Å². The molecule has 5 heteroatoms. The third-order valence-electron chi connectivity index (χ3n) is 5.03. The monoisotopic (exact) mass is 393 g/mol. The number of nitrogens with one attached hydrogen (secondary N) is 1. The van der Waals surface area contributed by atoms with E-state index in [1.54, 1.807) is 25.3 Å². The molecule has 0 heterocycles. The number of rotatable bonds is 7. The number of aromatic hydroxyl groups is 1. The van der Waals surface area contributed by atoms with Gasteiger partial charge < -0.3 is 19.9 Å². The van der Waals surface area contributed by atoms with Crippen molar-refractivity contribution in [3.63, 3.8) is 0 Å². The Morgan fingerprint density at radius 1 is 1.03 bits per heavy atom. The van der Waals surface area contributed by atoms with Crippen molar-refractivity contribution in [3.8, 4) is 17.2 Å². The van der Waals surface area contributed by atoms with Crippen LogP contribution in [0, 0.1) is 5.41 Å². The molecule has 152 valence electrons. The molecular formula is C24H27NO4. The number of carbonyl (C=O) groups is 1. The first-order valence-electron chi connectivity index (χ1n) is 9.54. The van der Waals surface area contributed by atoms with Gasteiger partial charge in [-0.15, -0.1) is 0 Å². The number of methoxy groups -OCH3 is 2. The van der Waals surface area contributed by atoms with Gasteiger partial charge in [0.1, 0.15) is 17.2 Å². The van der Waals surface area contributed by atoms with Crippen LogP contribution in [0.1, 0.15) is 29.8 Å². The number of fused-ring (bicyclic) bond motifs is 1. The van der Waals surface area contributed by atoms with Gasteiger partial charge in [-0.1, -0.05) is 50.2 Å². The molecule has 0 atom stereocenters. The molecule has 0 spiro atoms. The molecule has 3 aromatic carbocycles. The maximum absolute atomic E-state index is 12.7. The molecule has 0 aliphatic heterocycles.